The van der Waals surface area contributed by atoms with Gasteiger partial charge in [0.25, 0.3) is 5.91 Å². The number of carboxylic acid groups (broad SMARTS) is 1. The highest BCUT2D eigenvalue weighted by Crippen LogP contribution is 2.35. The van der Waals surface area contributed by atoms with Gasteiger partial charge in [-0.3, -0.25) is 4.79 Å². The number of carbonyl (C=O) groups is 2. The lowest BCUT2D eigenvalue weighted by atomic mass is 10.0. The second-order valence-electron chi connectivity index (χ2n) is 5.65. The zero-order chi connectivity index (χ0) is 16.7. The smallest absolute Gasteiger partial charge is 0.326 e. The predicted octanol–water partition coefficient (Wildman–Crippen LogP) is 0.833. The zero-order valence-corrected chi connectivity index (χ0v) is 12.7. The molecule has 0 radical (unpaired) electrons. The maximum absolute atomic E-state index is 13.0. The molecule has 2 aliphatic rings. The Hall–Kier alpha value is -3.03. The molecule has 0 aliphatic carbocycles. The molecule has 0 saturated carbocycles. The van der Waals surface area contributed by atoms with Crippen molar-refractivity contribution in [2.45, 2.75) is 19.0 Å². The van der Waals surface area contributed by atoms with Crippen LogP contribution in [0.15, 0.2) is 24.5 Å². The van der Waals surface area contributed by atoms with Gasteiger partial charge in [-0.05, 0) is 12.1 Å². The number of para-hydroxylation sites is 1. The molecular formula is C16H15N3O5. The van der Waals surface area contributed by atoms with Crippen molar-refractivity contribution in [3.8, 4) is 11.5 Å². The van der Waals surface area contributed by atoms with Gasteiger partial charge in [-0.2, -0.15) is 0 Å². The molecule has 1 aromatic heterocycles. The number of aromatic nitrogens is 2. The van der Waals surface area contributed by atoms with Crippen molar-refractivity contribution in [2.24, 2.45) is 0 Å². The monoisotopic (exact) mass is 329 g/mol. The van der Waals surface area contributed by atoms with Crippen LogP contribution >= 0.6 is 0 Å². The van der Waals surface area contributed by atoms with E-state index in [1.807, 2.05) is 0 Å². The van der Waals surface area contributed by atoms with Crippen LogP contribution in [-0.4, -0.2) is 51.1 Å². The average Bonchev–Trinajstić information content (AvgIpc) is 3.07. The summed E-state index contributed by atoms with van der Waals surface area (Å²) in [7, 11) is 0. The van der Waals surface area contributed by atoms with E-state index in [9.17, 15) is 14.7 Å². The Morgan fingerprint density at radius 3 is 2.96 bits per heavy atom. The third-order valence-electron chi connectivity index (χ3n) is 4.24. The largest absolute Gasteiger partial charge is 0.486 e. The van der Waals surface area contributed by atoms with Crippen LogP contribution < -0.4 is 9.47 Å². The fourth-order valence-electron chi connectivity index (χ4n) is 3.07. The fraction of sp³-hybridized carbons (Fsp3) is 0.312. The Morgan fingerprint density at radius 1 is 1.29 bits per heavy atom. The molecule has 3 heterocycles. The van der Waals surface area contributed by atoms with E-state index >= 15 is 0 Å². The summed E-state index contributed by atoms with van der Waals surface area (Å²) >= 11 is 0. The summed E-state index contributed by atoms with van der Waals surface area (Å²) in [6, 6.07) is 4.08. The van der Waals surface area contributed by atoms with Crippen molar-refractivity contribution >= 4 is 11.9 Å². The average molecular weight is 329 g/mol. The number of aliphatic carboxylic acids is 1. The van der Waals surface area contributed by atoms with Crippen LogP contribution in [0.3, 0.4) is 0 Å². The number of hydrogen-bond donors (Lipinski definition) is 2. The number of carbonyl (C=O) groups excluding carboxylic acids is 1. The van der Waals surface area contributed by atoms with E-state index < -0.39 is 17.9 Å². The van der Waals surface area contributed by atoms with Gasteiger partial charge >= 0.3 is 5.97 Å². The summed E-state index contributed by atoms with van der Waals surface area (Å²) in [6.07, 6.45) is 1.69. The first kappa shape index (κ1) is 14.6. The number of imidazole rings is 1. The number of amides is 1. The van der Waals surface area contributed by atoms with Gasteiger partial charge in [0.1, 0.15) is 19.3 Å². The lowest BCUT2D eigenvalue weighted by molar-refractivity contribution is -0.142. The Morgan fingerprint density at radius 2 is 2.12 bits per heavy atom. The maximum atomic E-state index is 13.0. The first-order chi connectivity index (χ1) is 11.6. The highest BCUT2D eigenvalue weighted by atomic mass is 16.6. The number of hydrogen-bond acceptors (Lipinski definition) is 5. The summed E-state index contributed by atoms with van der Waals surface area (Å²) in [4.78, 5) is 33.1. The van der Waals surface area contributed by atoms with Crippen LogP contribution in [0.1, 0.15) is 21.7 Å². The summed E-state index contributed by atoms with van der Waals surface area (Å²) in [5.41, 5.74) is 1.74. The molecule has 8 nitrogen and oxygen atoms in total. The highest BCUT2D eigenvalue weighted by molar-refractivity contribution is 6.00. The summed E-state index contributed by atoms with van der Waals surface area (Å²) in [6.45, 7) is 0.934. The van der Waals surface area contributed by atoms with Gasteiger partial charge in [-0.15, -0.1) is 0 Å². The second-order valence-corrected chi connectivity index (χ2v) is 5.65. The minimum atomic E-state index is -1.06. The van der Waals surface area contributed by atoms with Crippen LogP contribution in [0.25, 0.3) is 0 Å². The Bertz CT molecular complexity index is 816. The molecule has 1 atom stereocenters. The summed E-state index contributed by atoms with van der Waals surface area (Å²) in [5, 5.41) is 9.52. The number of H-pyrrole nitrogens is 1. The van der Waals surface area contributed by atoms with Gasteiger partial charge in [0.2, 0.25) is 0 Å². The maximum Gasteiger partial charge on any atom is 0.326 e. The van der Waals surface area contributed by atoms with E-state index in [4.69, 9.17) is 9.47 Å². The normalized spacial score (nSPS) is 18.8. The molecule has 2 N–H and O–H groups in total. The molecule has 1 amide bonds. The zero-order valence-electron chi connectivity index (χ0n) is 12.7. The molecule has 0 saturated heterocycles. The van der Waals surface area contributed by atoms with Gasteiger partial charge in [0.15, 0.2) is 11.5 Å². The number of aromatic amines is 1. The van der Waals surface area contributed by atoms with Crippen LogP contribution in [-0.2, 0) is 17.8 Å². The molecular weight excluding hydrogens is 314 g/mol. The third kappa shape index (κ3) is 2.27. The highest BCUT2D eigenvalue weighted by Gasteiger charge is 2.37. The van der Waals surface area contributed by atoms with Crippen molar-refractivity contribution in [3.63, 3.8) is 0 Å². The lowest BCUT2D eigenvalue weighted by Crippen LogP contribution is -2.48. The number of rotatable bonds is 2. The molecule has 2 aliphatic heterocycles. The van der Waals surface area contributed by atoms with E-state index in [2.05, 4.69) is 9.97 Å². The third-order valence-corrected chi connectivity index (χ3v) is 4.24. The number of ether oxygens (including phenoxy) is 2. The SMILES string of the molecule is O=C(O)C1Cc2nc[nH]c2CN1C(=O)c1cccc2c1OCCO2. The van der Waals surface area contributed by atoms with E-state index in [-0.39, 0.29) is 13.0 Å². The number of nitrogens with zero attached hydrogens (tertiary/aromatic N) is 2. The molecule has 0 bridgehead atoms. The van der Waals surface area contributed by atoms with Crippen LogP contribution in [0.2, 0.25) is 0 Å². The number of nitrogens with one attached hydrogen (secondary N) is 1. The molecule has 24 heavy (non-hydrogen) atoms. The van der Waals surface area contributed by atoms with Gasteiger partial charge in [-0.25, -0.2) is 9.78 Å². The molecule has 0 spiro atoms. The van der Waals surface area contributed by atoms with Crippen LogP contribution in [0.4, 0.5) is 0 Å². The van der Waals surface area contributed by atoms with Gasteiger partial charge in [0, 0.05) is 6.42 Å². The van der Waals surface area contributed by atoms with Crippen LogP contribution in [0.5, 0.6) is 11.5 Å². The Kier molecular flexibility index (Phi) is 3.37. The number of benzene rings is 1. The van der Waals surface area contributed by atoms with Gasteiger partial charge in [-0.1, -0.05) is 6.07 Å². The molecule has 2 aromatic rings. The molecule has 0 fully saturated rings. The molecule has 4 rings (SSSR count). The van der Waals surface area contributed by atoms with E-state index in [0.717, 1.165) is 5.69 Å². The van der Waals surface area contributed by atoms with Crippen molar-refractivity contribution < 1.29 is 24.2 Å². The number of fused-ring (bicyclic) bond motifs is 2. The van der Waals surface area contributed by atoms with Crippen molar-refractivity contribution in [2.75, 3.05) is 13.2 Å². The Balaban J connectivity index is 1.72. The van der Waals surface area contributed by atoms with Crippen molar-refractivity contribution in [1.29, 1.82) is 0 Å². The van der Waals surface area contributed by atoms with E-state index in [1.165, 1.54) is 11.2 Å². The van der Waals surface area contributed by atoms with Crippen molar-refractivity contribution in [3.05, 3.63) is 41.5 Å². The minimum Gasteiger partial charge on any atom is -0.486 e. The van der Waals surface area contributed by atoms with Crippen molar-refractivity contribution in [1.82, 2.24) is 14.9 Å². The molecule has 8 heteroatoms. The number of carboxylic acids is 1. The van der Waals surface area contributed by atoms with E-state index in [0.29, 0.717) is 36.0 Å². The van der Waals surface area contributed by atoms with Crippen LogP contribution in [0, 0.1) is 0 Å². The first-order valence-electron chi connectivity index (χ1n) is 7.58. The molecule has 1 unspecified atom stereocenters. The Labute approximate surface area is 137 Å². The topological polar surface area (TPSA) is 105 Å². The lowest BCUT2D eigenvalue weighted by Gasteiger charge is -2.33. The quantitative estimate of drug-likeness (QED) is 0.846. The molecule has 124 valence electrons. The first-order valence-corrected chi connectivity index (χ1v) is 7.58. The predicted molar refractivity (Wildman–Crippen MR) is 81.0 cm³/mol. The van der Waals surface area contributed by atoms with Gasteiger partial charge in [0.05, 0.1) is 29.8 Å². The summed E-state index contributed by atoms with van der Waals surface area (Å²) in [5.74, 6) is -0.588. The minimum absolute atomic E-state index is 0.162. The van der Waals surface area contributed by atoms with Gasteiger partial charge < -0.3 is 24.5 Å². The molecule has 1 aromatic carbocycles. The summed E-state index contributed by atoms with van der Waals surface area (Å²) < 4.78 is 11.1. The standard InChI is InChI=1S/C16H15N3O5/c20-15(9-2-1-3-13-14(9)24-5-4-23-13)19-7-11-10(17-8-18-11)6-12(19)16(21)22/h1-3,8,12H,4-7H2,(H,17,18)(H,21,22). The van der Waals surface area contributed by atoms with E-state index in [1.54, 1.807) is 18.2 Å². The fourth-order valence-corrected chi connectivity index (χ4v) is 3.07. The second kappa shape index (κ2) is 5.55.